The molecule has 0 aromatic carbocycles. The highest BCUT2D eigenvalue weighted by Crippen LogP contribution is 2.28. The topological polar surface area (TPSA) is 70.6 Å². The third-order valence-electron chi connectivity index (χ3n) is 5.15. The SMILES string of the molecule is CCc1ccc(CN2CCN(C(=O)C=C(C)C)[C@H]3CS(=O)(=O)C[C@H]32)nc1. The number of nitrogens with zero attached hydrogens (tertiary/aromatic N) is 3. The van der Waals surface area contributed by atoms with Crippen molar-refractivity contribution in [2.24, 2.45) is 0 Å². The zero-order chi connectivity index (χ0) is 18.9. The molecule has 0 spiro atoms. The molecule has 3 heterocycles. The van der Waals surface area contributed by atoms with Crippen molar-refractivity contribution in [2.45, 2.75) is 45.8 Å². The number of sulfone groups is 1. The number of aryl methyl sites for hydroxylation is 1. The number of carbonyl (C=O) groups excluding carboxylic acids is 1. The minimum atomic E-state index is -3.14. The first-order valence-electron chi connectivity index (χ1n) is 9.13. The number of pyridine rings is 1. The Bertz CT molecular complexity index is 798. The van der Waals surface area contributed by atoms with Gasteiger partial charge in [-0.1, -0.05) is 18.6 Å². The predicted octanol–water partition coefficient (Wildman–Crippen LogP) is 1.42. The number of fused-ring (bicyclic) bond motifs is 1. The van der Waals surface area contributed by atoms with Gasteiger partial charge in [0.2, 0.25) is 5.91 Å². The van der Waals surface area contributed by atoms with Crippen LogP contribution in [0.15, 0.2) is 30.0 Å². The van der Waals surface area contributed by atoms with Crippen molar-refractivity contribution in [3.63, 3.8) is 0 Å². The minimum absolute atomic E-state index is 0.0543. The van der Waals surface area contributed by atoms with E-state index in [4.69, 9.17) is 0 Å². The van der Waals surface area contributed by atoms with Gasteiger partial charge in [-0.25, -0.2) is 8.42 Å². The van der Waals surface area contributed by atoms with Crippen molar-refractivity contribution >= 4 is 15.7 Å². The fourth-order valence-corrected chi connectivity index (χ4v) is 5.80. The third kappa shape index (κ3) is 4.15. The first-order valence-corrected chi connectivity index (χ1v) is 10.9. The average Bonchev–Trinajstić information content (AvgIpc) is 2.90. The van der Waals surface area contributed by atoms with Gasteiger partial charge in [-0.2, -0.15) is 0 Å². The Balaban J connectivity index is 1.79. The summed E-state index contributed by atoms with van der Waals surface area (Å²) in [6, 6.07) is 3.65. The number of hydrogen-bond donors (Lipinski definition) is 0. The highest BCUT2D eigenvalue weighted by molar-refractivity contribution is 7.91. The first-order chi connectivity index (χ1) is 12.3. The molecule has 2 aliphatic heterocycles. The van der Waals surface area contributed by atoms with Crippen LogP contribution < -0.4 is 0 Å². The van der Waals surface area contributed by atoms with Gasteiger partial charge < -0.3 is 4.90 Å². The van der Waals surface area contributed by atoms with E-state index in [1.54, 1.807) is 11.0 Å². The van der Waals surface area contributed by atoms with Crippen LogP contribution >= 0.6 is 0 Å². The van der Waals surface area contributed by atoms with E-state index in [9.17, 15) is 13.2 Å². The van der Waals surface area contributed by atoms with Gasteiger partial charge in [0.05, 0.1) is 23.2 Å². The molecule has 0 unspecified atom stereocenters. The summed E-state index contributed by atoms with van der Waals surface area (Å²) < 4.78 is 24.5. The highest BCUT2D eigenvalue weighted by atomic mass is 32.2. The van der Waals surface area contributed by atoms with E-state index in [0.29, 0.717) is 19.6 Å². The lowest BCUT2D eigenvalue weighted by atomic mass is 10.0. The van der Waals surface area contributed by atoms with Crippen molar-refractivity contribution in [3.05, 3.63) is 41.2 Å². The maximum absolute atomic E-state index is 12.5. The Morgan fingerprint density at radius 1 is 1.23 bits per heavy atom. The van der Waals surface area contributed by atoms with Crippen LogP contribution in [0.3, 0.4) is 0 Å². The Morgan fingerprint density at radius 2 is 1.96 bits per heavy atom. The molecule has 0 saturated carbocycles. The van der Waals surface area contributed by atoms with Crippen LogP contribution in [-0.2, 0) is 27.6 Å². The van der Waals surface area contributed by atoms with Crippen LogP contribution in [0.4, 0.5) is 0 Å². The average molecular weight is 378 g/mol. The van der Waals surface area contributed by atoms with Crippen LogP contribution in [0.1, 0.15) is 32.0 Å². The number of aromatic nitrogens is 1. The molecule has 142 valence electrons. The molecule has 6 nitrogen and oxygen atoms in total. The van der Waals surface area contributed by atoms with Crippen molar-refractivity contribution in [1.82, 2.24) is 14.8 Å². The fraction of sp³-hybridized carbons (Fsp3) is 0.579. The Hall–Kier alpha value is -1.73. The molecular formula is C19H27N3O3S. The largest absolute Gasteiger partial charge is 0.332 e. The number of piperazine rings is 1. The Kier molecular flexibility index (Phi) is 5.48. The summed E-state index contributed by atoms with van der Waals surface area (Å²) >= 11 is 0. The molecule has 2 saturated heterocycles. The molecule has 7 heteroatoms. The number of rotatable bonds is 4. The predicted molar refractivity (Wildman–Crippen MR) is 101 cm³/mol. The van der Waals surface area contributed by atoms with Gasteiger partial charge in [0.25, 0.3) is 0 Å². The van der Waals surface area contributed by atoms with E-state index < -0.39 is 9.84 Å². The van der Waals surface area contributed by atoms with Crippen LogP contribution in [0.5, 0.6) is 0 Å². The molecule has 0 radical (unpaired) electrons. The van der Waals surface area contributed by atoms with Gasteiger partial charge in [0.15, 0.2) is 9.84 Å². The zero-order valence-corrected chi connectivity index (χ0v) is 16.5. The number of hydrogen-bond acceptors (Lipinski definition) is 5. The van der Waals surface area contributed by atoms with Gasteiger partial charge in [-0.05, 0) is 31.9 Å². The van der Waals surface area contributed by atoms with Gasteiger partial charge >= 0.3 is 0 Å². The molecule has 26 heavy (non-hydrogen) atoms. The molecule has 3 rings (SSSR count). The lowest BCUT2D eigenvalue weighted by Crippen LogP contribution is -2.60. The molecule has 1 amide bonds. The second-order valence-electron chi connectivity index (χ2n) is 7.45. The second-order valence-corrected chi connectivity index (χ2v) is 9.60. The number of amides is 1. The molecule has 2 fully saturated rings. The molecular weight excluding hydrogens is 350 g/mol. The number of carbonyl (C=O) groups is 1. The highest BCUT2D eigenvalue weighted by Gasteiger charge is 2.47. The van der Waals surface area contributed by atoms with Crippen LogP contribution in [0.25, 0.3) is 0 Å². The standard InChI is InChI=1S/C19H27N3O3S/c1-4-15-5-6-16(20-10-15)11-21-7-8-22(19(23)9-14(2)3)18-13-26(24,25)12-17(18)21/h5-6,9-10,17-18H,4,7-8,11-13H2,1-3H3/t17-,18+/m1/s1. The van der Waals surface area contributed by atoms with Crippen LogP contribution in [-0.4, -0.2) is 65.8 Å². The third-order valence-corrected chi connectivity index (χ3v) is 6.84. The summed E-state index contributed by atoms with van der Waals surface area (Å²) in [5.74, 6) is 0.0874. The van der Waals surface area contributed by atoms with Crippen molar-refractivity contribution in [1.29, 1.82) is 0 Å². The summed E-state index contributed by atoms with van der Waals surface area (Å²) in [4.78, 5) is 20.9. The van der Waals surface area contributed by atoms with Gasteiger partial charge in [0, 0.05) is 37.9 Å². The summed E-state index contributed by atoms with van der Waals surface area (Å²) in [7, 11) is -3.14. The first kappa shape index (κ1) is 19.0. The molecule has 0 aliphatic carbocycles. The normalized spacial score (nSPS) is 25.0. The van der Waals surface area contributed by atoms with E-state index in [-0.39, 0.29) is 29.5 Å². The summed E-state index contributed by atoms with van der Waals surface area (Å²) in [6.07, 6.45) is 4.43. The van der Waals surface area contributed by atoms with Crippen molar-refractivity contribution in [2.75, 3.05) is 24.6 Å². The molecule has 2 aliphatic rings. The fourth-order valence-electron chi connectivity index (χ4n) is 3.79. The maximum atomic E-state index is 12.5. The van der Waals surface area contributed by atoms with E-state index in [1.807, 2.05) is 26.1 Å². The lowest BCUT2D eigenvalue weighted by molar-refractivity contribution is -0.131. The van der Waals surface area contributed by atoms with Gasteiger partial charge in [-0.15, -0.1) is 0 Å². The zero-order valence-electron chi connectivity index (χ0n) is 15.7. The van der Waals surface area contributed by atoms with Crippen molar-refractivity contribution < 1.29 is 13.2 Å². The van der Waals surface area contributed by atoms with E-state index in [0.717, 1.165) is 17.7 Å². The quantitative estimate of drug-likeness (QED) is 0.742. The van der Waals surface area contributed by atoms with Gasteiger partial charge in [0.1, 0.15) is 0 Å². The maximum Gasteiger partial charge on any atom is 0.246 e. The molecule has 1 aromatic rings. The summed E-state index contributed by atoms with van der Waals surface area (Å²) in [5.41, 5.74) is 3.05. The van der Waals surface area contributed by atoms with E-state index >= 15 is 0 Å². The summed E-state index contributed by atoms with van der Waals surface area (Å²) in [6.45, 7) is 7.67. The second kappa shape index (κ2) is 7.48. The molecule has 0 bridgehead atoms. The Labute approximate surface area is 155 Å². The van der Waals surface area contributed by atoms with Crippen LogP contribution in [0, 0.1) is 0 Å². The van der Waals surface area contributed by atoms with Gasteiger partial charge in [-0.3, -0.25) is 14.7 Å². The summed E-state index contributed by atoms with van der Waals surface area (Å²) in [5, 5.41) is 0. The van der Waals surface area contributed by atoms with Crippen molar-refractivity contribution in [3.8, 4) is 0 Å². The Morgan fingerprint density at radius 3 is 2.58 bits per heavy atom. The monoisotopic (exact) mass is 377 g/mol. The van der Waals surface area contributed by atoms with E-state index in [1.165, 1.54) is 5.56 Å². The number of allylic oxidation sites excluding steroid dienone is 1. The van der Waals surface area contributed by atoms with Crippen LogP contribution in [0.2, 0.25) is 0 Å². The minimum Gasteiger partial charge on any atom is -0.332 e. The lowest BCUT2D eigenvalue weighted by Gasteiger charge is -2.43. The molecule has 1 aromatic heterocycles. The smallest absolute Gasteiger partial charge is 0.246 e. The molecule has 2 atom stereocenters. The van der Waals surface area contributed by atoms with E-state index in [2.05, 4.69) is 22.9 Å². The molecule has 0 N–H and O–H groups in total.